The molecule has 0 radical (unpaired) electrons. The van der Waals surface area contributed by atoms with E-state index in [1.807, 2.05) is 37.3 Å². The summed E-state index contributed by atoms with van der Waals surface area (Å²) in [7, 11) is 4.47. The van der Waals surface area contributed by atoms with Crippen LogP contribution >= 0.6 is 11.6 Å². The lowest BCUT2D eigenvalue weighted by molar-refractivity contribution is -0.119. The predicted octanol–water partition coefficient (Wildman–Crippen LogP) is 5.12. The molecular weight excluding hydrogens is 606 g/mol. The van der Waals surface area contributed by atoms with Gasteiger partial charge in [-0.25, -0.2) is 9.78 Å². The Morgan fingerprint density at radius 2 is 1.78 bits per heavy atom. The number of rotatable bonds is 8. The summed E-state index contributed by atoms with van der Waals surface area (Å²) in [4.78, 5) is 54.4. The van der Waals surface area contributed by atoms with Crippen LogP contribution in [0.25, 0.3) is 22.4 Å². The SMILES string of the molecule is COc1nc(-c2cccc(-c3cccc(NC(=O)c4cn(C)c(=O)n(C)c4=O)c3C)c2Cl)cc2c1[C@H](CC[C@@H]1CCC(=O)N1)CC2. The van der Waals surface area contributed by atoms with Crippen LogP contribution in [0.3, 0.4) is 0 Å². The summed E-state index contributed by atoms with van der Waals surface area (Å²) in [6.45, 7) is 1.88. The topological polar surface area (TPSA) is 124 Å². The zero-order chi connectivity index (χ0) is 32.7. The second-order valence-corrected chi connectivity index (χ2v) is 12.5. The van der Waals surface area contributed by atoms with Crippen molar-refractivity contribution >= 4 is 29.1 Å². The summed E-state index contributed by atoms with van der Waals surface area (Å²) >= 11 is 7.10. The van der Waals surface area contributed by atoms with Crippen molar-refractivity contribution in [2.45, 2.75) is 57.4 Å². The fourth-order valence-corrected chi connectivity index (χ4v) is 7.06. The highest BCUT2D eigenvalue weighted by molar-refractivity contribution is 6.36. The first-order valence-electron chi connectivity index (χ1n) is 15.4. The number of hydrogen-bond acceptors (Lipinski definition) is 6. The molecule has 2 aromatic heterocycles. The number of aryl methyl sites for hydroxylation is 2. The molecule has 11 heteroatoms. The van der Waals surface area contributed by atoms with Crippen LogP contribution in [0.5, 0.6) is 5.88 Å². The van der Waals surface area contributed by atoms with Gasteiger partial charge in [-0.2, -0.15) is 0 Å². The predicted molar refractivity (Wildman–Crippen MR) is 178 cm³/mol. The number of amides is 2. The maximum absolute atomic E-state index is 13.2. The number of hydrogen-bond donors (Lipinski definition) is 2. The zero-order valence-electron chi connectivity index (χ0n) is 26.3. The molecule has 46 heavy (non-hydrogen) atoms. The molecule has 1 aliphatic heterocycles. The quantitative estimate of drug-likeness (QED) is 0.275. The van der Waals surface area contributed by atoms with Crippen molar-refractivity contribution in [3.05, 3.63) is 96.8 Å². The highest BCUT2D eigenvalue weighted by atomic mass is 35.5. The highest BCUT2D eigenvalue weighted by Gasteiger charge is 2.30. The number of halogens is 1. The first-order valence-corrected chi connectivity index (χ1v) is 15.8. The third-order valence-electron chi connectivity index (χ3n) is 9.26. The van der Waals surface area contributed by atoms with Crippen LogP contribution in [0.15, 0.2) is 58.3 Å². The van der Waals surface area contributed by atoms with E-state index in [1.54, 1.807) is 13.2 Å². The van der Waals surface area contributed by atoms with Crippen molar-refractivity contribution in [3.63, 3.8) is 0 Å². The molecule has 238 valence electrons. The largest absolute Gasteiger partial charge is 0.481 e. The normalized spacial score (nSPS) is 17.1. The van der Waals surface area contributed by atoms with Gasteiger partial charge >= 0.3 is 5.69 Å². The summed E-state index contributed by atoms with van der Waals surface area (Å²) in [6.07, 6.45) is 6.58. The first-order chi connectivity index (χ1) is 22.1. The standard InChI is InChI=1S/C35H36ClN5O5/c1-19-23(7-6-10-27(19)38-32(43)26-18-40(2)35(45)41(3)34(26)44)24-8-5-9-25(31(24)36)28-17-21-12-11-20(30(21)33(39-28)46-4)13-14-22-15-16-29(42)37-22/h5-10,17-18,20,22H,11-16H2,1-4H3,(H,37,42)(H,38,43)/t20-,22+/m0/s1. The Balaban J connectivity index is 1.29. The summed E-state index contributed by atoms with van der Waals surface area (Å²) in [5.41, 5.74) is 5.37. The molecule has 2 aliphatic rings. The van der Waals surface area contributed by atoms with Crippen LogP contribution in [0.1, 0.15) is 65.1 Å². The van der Waals surface area contributed by atoms with Gasteiger partial charge in [0.05, 0.1) is 17.8 Å². The van der Waals surface area contributed by atoms with Gasteiger partial charge in [-0.3, -0.25) is 19.0 Å². The van der Waals surface area contributed by atoms with Gasteiger partial charge in [0.15, 0.2) is 0 Å². The molecule has 0 bridgehead atoms. The van der Waals surface area contributed by atoms with Crippen LogP contribution < -0.4 is 26.6 Å². The summed E-state index contributed by atoms with van der Waals surface area (Å²) < 4.78 is 7.93. The second kappa shape index (κ2) is 12.6. The van der Waals surface area contributed by atoms with E-state index in [2.05, 4.69) is 16.7 Å². The van der Waals surface area contributed by atoms with E-state index in [0.29, 0.717) is 28.9 Å². The van der Waals surface area contributed by atoms with E-state index < -0.39 is 17.2 Å². The van der Waals surface area contributed by atoms with E-state index in [0.717, 1.165) is 70.2 Å². The Bertz CT molecular complexity index is 2000. The third-order valence-corrected chi connectivity index (χ3v) is 9.67. The van der Waals surface area contributed by atoms with Gasteiger partial charge in [0.1, 0.15) is 5.56 Å². The van der Waals surface area contributed by atoms with Gasteiger partial charge in [0, 0.05) is 55.1 Å². The van der Waals surface area contributed by atoms with Crippen molar-refractivity contribution < 1.29 is 14.3 Å². The van der Waals surface area contributed by atoms with E-state index in [1.165, 1.54) is 30.4 Å². The lowest BCUT2D eigenvalue weighted by atomic mass is 9.93. The molecule has 4 aromatic rings. The zero-order valence-corrected chi connectivity index (χ0v) is 27.0. The van der Waals surface area contributed by atoms with Crippen LogP contribution in [0, 0.1) is 6.92 Å². The molecule has 0 unspecified atom stereocenters. The molecule has 3 heterocycles. The second-order valence-electron chi connectivity index (χ2n) is 12.1. The molecule has 1 fully saturated rings. The summed E-state index contributed by atoms with van der Waals surface area (Å²) in [5, 5.41) is 6.42. The van der Waals surface area contributed by atoms with Gasteiger partial charge in [-0.15, -0.1) is 0 Å². The molecule has 0 saturated carbocycles. The maximum atomic E-state index is 13.2. The number of ether oxygens (including phenoxy) is 1. The molecule has 2 atom stereocenters. The van der Waals surface area contributed by atoms with Crippen molar-refractivity contribution in [1.29, 1.82) is 0 Å². The summed E-state index contributed by atoms with van der Waals surface area (Å²) in [5.74, 6) is 0.460. The van der Waals surface area contributed by atoms with Crippen molar-refractivity contribution in [1.82, 2.24) is 19.4 Å². The van der Waals surface area contributed by atoms with E-state index in [4.69, 9.17) is 21.3 Å². The minimum absolute atomic E-state index is 0.139. The number of carbonyl (C=O) groups is 2. The van der Waals surface area contributed by atoms with Crippen LogP contribution in [-0.4, -0.2) is 39.1 Å². The van der Waals surface area contributed by atoms with E-state index in [9.17, 15) is 19.2 Å². The van der Waals surface area contributed by atoms with Gasteiger partial charge in [-0.05, 0) is 73.8 Å². The molecule has 2 aromatic carbocycles. The summed E-state index contributed by atoms with van der Waals surface area (Å²) in [6, 6.07) is 13.6. The van der Waals surface area contributed by atoms with Crippen LogP contribution in [0.2, 0.25) is 5.02 Å². The Hall–Kier alpha value is -4.70. The van der Waals surface area contributed by atoms with Crippen molar-refractivity contribution in [2.24, 2.45) is 14.1 Å². The van der Waals surface area contributed by atoms with E-state index in [-0.39, 0.29) is 17.5 Å². The molecule has 1 saturated heterocycles. The van der Waals surface area contributed by atoms with E-state index >= 15 is 0 Å². The molecule has 10 nitrogen and oxygen atoms in total. The fraction of sp³-hybridized carbons (Fsp3) is 0.343. The van der Waals surface area contributed by atoms with Crippen molar-refractivity contribution in [3.8, 4) is 28.3 Å². The number of anilines is 1. The molecule has 2 amide bonds. The van der Waals surface area contributed by atoms with Crippen LogP contribution in [0.4, 0.5) is 5.69 Å². The number of benzene rings is 2. The molecular formula is C35H36ClN5O5. The number of pyridine rings is 1. The number of fused-ring (bicyclic) bond motifs is 1. The Morgan fingerprint density at radius 3 is 2.52 bits per heavy atom. The number of nitrogens with one attached hydrogen (secondary N) is 2. The van der Waals surface area contributed by atoms with Gasteiger partial charge in [-0.1, -0.05) is 41.9 Å². The molecule has 0 spiro atoms. The maximum Gasteiger partial charge on any atom is 0.330 e. The number of aromatic nitrogens is 3. The third kappa shape index (κ3) is 5.73. The number of methoxy groups -OCH3 is 1. The number of carbonyl (C=O) groups excluding carboxylic acids is 2. The van der Waals surface area contributed by atoms with Gasteiger partial charge in [0.25, 0.3) is 11.5 Å². The molecule has 6 rings (SSSR count). The first kappa shape index (κ1) is 31.3. The van der Waals surface area contributed by atoms with Crippen molar-refractivity contribution in [2.75, 3.05) is 12.4 Å². The monoisotopic (exact) mass is 641 g/mol. The lowest BCUT2D eigenvalue weighted by Crippen LogP contribution is -2.40. The smallest absolute Gasteiger partial charge is 0.330 e. The van der Waals surface area contributed by atoms with Crippen LogP contribution in [-0.2, 0) is 25.3 Å². The minimum Gasteiger partial charge on any atom is -0.481 e. The Labute approximate surface area is 271 Å². The lowest BCUT2D eigenvalue weighted by Gasteiger charge is -2.18. The average Bonchev–Trinajstić information content (AvgIpc) is 3.66. The highest BCUT2D eigenvalue weighted by Crippen LogP contribution is 2.45. The fourth-order valence-electron chi connectivity index (χ4n) is 6.73. The average molecular weight is 642 g/mol. The Morgan fingerprint density at radius 1 is 1.04 bits per heavy atom. The molecule has 1 aliphatic carbocycles. The van der Waals surface area contributed by atoms with Gasteiger partial charge < -0.3 is 19.9 Å². The molecule has 2 N–H and O–H groups in total. The van der Waals surface area contributed by atoms with Gasteiger partial charge in [0.2, 0.25) is 11.8 Å². The Kier molecular flexibility index (Phi) is 8.57. The number of nitrogens with zero attached hydrogens (tertiary/aromatic N) is 3. The minimum atomic E-state index is -0.670.